The molecule has 0 spiro atoms. The fourth-order valence-corrected chi connectivity index (χ4v) is 1.71. The molecule has 1 aliphatic rings. The number of amides is 1. The molecule has 2 heterocycles. The Balaban J connectivity index is 2.18. The molecule has 2 N–H and O–H groups in total. The van der Waals surface area contributed by atoms with Crippen molar-refractivity contribution >= 4 is 11.7 Å². The summed E-state index contributed by atoms with van der Waals surface area (Å²) in [7, 11) is 0. The average Bonchev–Trinajstić information content (AvgIpc) is 2.57. The molecule has 1 saturated heterocycles. The molecule has 1 fully saturated rings. The van der Waals surface area contributed by atoms with Crippen molar-refractivity contribution in [1.82, 2.24) is 4.98 Å². The molecular formula is C11H15N3O2. The molecule has 0 unspecified atom stereocenters. The lowest BCUT2D eigenvalue weighted by atomic mass is 10.3. The molecule has 0 radical (unpaired) electrons. The van der Waals surface area contributed by atoms with Crippen molar-refractivity contribution in [2.75, 3.05) is 31.2 Å². The second kappa shape index (κ2) is 4.94. The summed E-state index contributed by atoms with van der Waals surface area (Å²) in [6, 6.07) is 5.31. The Hall–Kier alpha value is -1.62. The highest BCUT2D eigenvalue weighted by atomic mass is 16.5. The van der Waals surface area contributed by atoms with Crippen LogP contribution < -0.4 is 10.6 Å². The molecule has 0 aromatic carbocycles. The van der Waals surface area contributed by atoms with Crippen LogP contribution in [0.2, 0.25) is 0 Å². The minimum absolute atomic E-state index is 0.308. The van der Waals surface area contributed by atoms with Crippen molar-refractivity contribution in [3.8, 4) is 0 Å². The summed E-state index contributed by atoms with van der Waals surface area (Å²) in [5.74, 6) is 0.301. The Morgan fingerprint density at radius 3 is 3.06 bits per heavy atom. The number of hydrogen-bond donors (Lipinski definition) is 1. The van der Waals surface area contributed by atoms with Gasteiger partial charge >= 0.3 is 0 Å². The lowest BCUT2D eigenvalue weighted by Gasteiger charge is -2.20. The van der Waals surface area contributed by atoms with Crippen LogP contribution in [0.15, 0.2) is 18.2 Å². The van der Waals surface area contributed by atoms with Gasteiger partial charge in [-0.3, -0.25) is 4.79 Å². The number of primary amides is 1. The number of rotatable bonds is 2. The van der Waals surface area contributed by atoms with Crippen molar-refractivity contribution < 1.29 is 9.53 Å². The van der Waals surface area contributed by atoms with E-state index in [1.165, 1.54) is 0 Å². The van der Waals surface area contributed by atoms with Gasteiger partial charge in [-0.15, -0.1) is 0 Å². The molecule has 1 amide bonds. The second-order valence-corrected chi connectivity index (χ2v) is 3.70. The Morgan fingerprint density at radius 2 is 2.25 bits per heavy atom. The largest absolute Gasteiger partial charge is 0.380 e. The molecule has 2 rings (SSSR count). The van der Waals surface area contributed by atoms with Crippen LogP contribution >= 0.6 is 0 Å². The highest BCUT2D eigenvalue weighted by Gasteiger charge is 2.12. The van der Waals surface area contributed by atoms with Crippen molar-refractivity contribution in [2.45, 2.75) is 6.42 Å². The molecule has 16 heavy (non-hydrogen) atoms. The van der Waals surface area contributed by atoms with Gasteiger partial charge in [0.25, 0.3) is 5.91 Å². The first-order valence-electron chi connectivity index (χ1n) is 5.37. The summed E-state index contributed by atoms with van der Waals surface area (Å²) in [4.78, 5) is 17.4. The molecule has 1 aromatic heterocycles. The maximum Gasteiger partial charge on any atom is 0.267 e. The van der Waals surface area contributed by atoms with Gasteiger partial charge < -0.3 is 15.4 Å². The maximum atomic E-state index is 11.0. The fourth-order valence-electron chi connectivity index (χ4n) is 1.71. The first-order valence-corrected chi connectivity index (χ1v) is 5.37. The van der Waals surface area contributed by atoms with Gasteiger partial charge in [0.1, 0.15) is 11.5 Å². The van der Waals surface area contributed by atoms with E-state index in [0.717, 1.165) is 31.9 Å². The summed E-state index contributed by atoms with van der Waals surface area (Å²) in [6.45, 7) is 3.18. The Kier molecular flexibility index (Phi) is 3.36. The number of anilines is 1. The van der Waals surface area contributed by atoms with E-state index in [1.54, 1.807) is 12.1 Å². The molecule has 86 valence electrons. The molecular weight excluding hydrogens is 206 g/mol. The normalized spacial score (nSPS) is 16.9. The van der Waals surface area contributed by atoms with E-state index >= 15 is 0 Å². The number of aromatic nitrogens is 1. The third-order valence-electron chi connectivity index (χ3n) is 2.53. The Labute approximate surface area is 94.2 Å². The zero-order valence-electron chi connectivity index (χ0n) is 9.06. The SMILES string of the molecule is NC(=O)c1cccc(N2CCCOCC2)n1. The predicted molar refractivity (Wildman–Crippen MR) is 60.4 cm³/mol. The number of hydrogen-bond acceptors (Lipinski definition) is 4. The van der Waals surface area contributed by atoms with Crippen LogP contribution in [0.3, 0.4) is 0 Å². The van der Waals surface area contributed by atoms with Gasteiger partial charge in [0.2, 0.25) is 0 Å². The lowest BCUT2D eigenvalue weighted by Crippen LogP contribution is -2.27. The minimum atomic E-state index is -0.493. The standard InChI is InChI=1S/C11H15N3O2/c12-11(15)9-3-1-4-10(13-9)14-5-2-7-16-8-6-14/h1,3-4H,2,5-8H2,(H2,12,15). The quantitative estimate of drug-likeness (QED) is 0.785. The summed E-state index contributed by atoms with van der Waals surface area (Å²) in [5, 5.41) is 0. The second-order valence-electron chi connectivity index (χ2n) is 3.70. The van der Waals surface area contributed by atoms with Crippen molar-refractivity contribution in [2.24, 2.45) is 5.73 Å². The number of carbonyl (C=O) groups is 1. The molecule has 0 atom stereocenters. The third-order valence-corrected chi connectivity index (χ3v) is 2.53. The highest BCUT2D eigenvalue weighted by molar-refractivity contribution is 5.91. The van der Waals surface area contributed by atoms with Crippen LogP contribution in [0, 0.1) is 0 Å². The van der Waals surface area contributed by atoms with Crippen LogP contribution in [0.5, 0.6) is 0 Å². The molecule has 5 nitrogen and oxygen atoms in total. The van der Waals surface area contributed by atoms with Gasteiger partial charge in [-0.2, -0.15) is 0 Å². The van der Waals surface area contributed by atoms with E-state index in [1.807, 2.05) is 6.07 Å². The number of ether oxygens (including phenoxy) is 1. The van der Waals surface area contributed by atoms with Gasteiger partial charge in [-0.1, -0.05) is 6.07 Å². The number of nitrogens with two attached hydrogens (primary N) is 1. The van der Waals surface area contributed by atoms with Gasteiger partial charge in [-0.25, -0.2) is 4.98 Å². The summed E-state index contributed by atoms with van der Waals surface area (Å²) in [5.41, 5.74) is 5.51. The smallest absolute Gasteiger partial charge is 0.267 e. The van der Waals surface area contributed by atoms with E-state index in [4.69, 9.17) is 10.5 Å². The predicted octanol–water partition coefficient (Wildman–Crippen LogP) is 0.407. The molecule has 1 aromatic rings. The topological polar surface area (TPSA) is 68.5 Å². The van der Waals surface area contributed by atoms with Gasteiger partial charge in [0, 0.05) is 19.7 Å². The fraction of sp³-hybridized carbons (Fsp3) is 0.455. The van der Waals surface area contributed by atoms with Gasteiger partial charge in [0.15, 0.2) is 0 Å². The first kappa shape index (κ1) is 10.9. The van der Waals surface area contributed by atoms with Crippen LogP contribution in [-0.4, -0.2) is 37.2 Å². The van der Waals surface area contributed by atoms with Gasteiger partial charge in [-0.05, 0) is 18.6 Å². The molecule has 5 heteroatoms. The van der Waals surface area contributed by atoms with E-state index < -0.39 is 5.91 Å². The van der Waals surface area contributed by atoms with E-state index in [9.17, 15) is 4.79 Å². The Bertz CT molecular complexity index is 373. The molecule has 0 bridgehead atoms. The van der Waals surface area contributed by atoms with Crippen molar-refractivity contribution in [3.05, 3.63) is 23.9 Å². The monoisotopic (exact) mass is 221 g/mol. The Morgan fingerprint density at radius 1 is 1.38 bits per heavy atom. The molecule has 1 aliphatic heterocycles. The van der Waals surface area contributed by atoms with Crippen molar-refractivity contribution in [1.29, 1.82) is 0 Å². The summed E-state index contributed by atoms with van der Waals surface area (Å²) in [6.07, 6.45) is 0.975. The molecule has 0 aliphatic carbocycles. The maximum absolute atomic E-state index is 11.0. The zero-order chi connectivity index (χ0) is 11.4. The summed E-state index contributed by atoms with van der Waals surface area (Å²) >= 11 is 0. The van der Waals surface area contributed by atoms with E-state index in [0.29, 0.717) is 12.3 Å². The van der Waals surface area contributed by atoms with Crippen LogP contribution in [0.1, 0.15) is 16.9 Å². The van der Waals surface area contributed by atoms with Crippen LogP contribution in [-0.2, 0) is 4.74 Å². The third kappa shape index (κ3) is 2.49. The van der Waals surface area contributed by atoms with Crippen LogP contribution in [0.4, 0.5) is 5.82 Å². The zero-order valence-corrected chi connectivity index (χ0v) is 9.06. The molecule has 0 saturated carbocycles. The average molecular weight is 221 g/mol. The van der Waals surface area contributed by atoms with E-state index in [2.05, 4.69) is 9.88 Å². The lowest BCUT2D eigenvalue weighted by molar-refractivity contribution is 0.0995. The van der Waals surface area contributed by atoms with Gasteiger partial charge in [0.05, 0.1) is 6.61 Å². The number of carbonyl (C=O) groups excluding carboxylic acids is 1. The van der Waals surface area contributed by atoms with Crippen LogP contribution in [0.25, 0.3) is 0 Å². The number of nitrogens with zero attached hydrogens (tertiary/aromatic N) is 2. The van der Waals surface area contributed by atoms with E-state index in [-0.39, 0.29) is 0 Å². The highest BCUT2D eigenvalue weighted by Crippen LogP contribution is 2.13. The first-order chi connectivity index (χ1) is 7.77. The minimum Gasteiger partial charge on any atom is -0.380 e. The summed E-state index contributed by atoms with van der Waals surface area (Å²) < 4.78 is 5.36. The number of pyridine rings is 1. The van der Waals surface area contributed by atoms with Crippen molar-refractivity contribution in [3.63, 3.8) is 0 Å².